The molecule has 0 amide bonds. The summed E-state index contributed by atoms with van der Waals surface area (Å²) >= 11 is 0. The molecule has 0 bridgehead atoms. The quantitative estimate of drug-likeness (QED) is 0.125. The Morgan fingerprint density at radius 1 is 0.538 bits per heavy atom. The molecule has 4 rings (SSSR count). The van der Waals surface area contributed by atoms with Crippen LogP contribution >= 0.6 is 7.26 Å². The van der Waals surface area contributed by atoms with Crippen LogP contribution in [0, 0.1) is 0 Å². The van der Waals surface area contributed by atoms with E-state index in [1.54, 1.807) is 6.92 Å². The number of ketones is 2. The van der Waals surface area contributed by atoms with Crippen molar-refractivity contribution in [1.82, 2.24) is 0 Å². The molecule has 0 aliphatic heterocycles. The van der Waals surface area contributed by atoms with Crippen molar-refractivity contribution in [2.45, 2.75) is 71.6 Å². The number of hydrogen-bond acceptors (Lipinski definition) is 2. The summed E-state index contributed by atoms with van der Waals surface area (Å²) in [5.74, 6) is -0.179. The number of unbranched alkanes of at least 4 members (excludes halogenated alkanes) is 8. The van der Waals surface area contributed by atoms with Crippen LogP contribution in [0.25, 0.3) is 0 Å². The minimum Gasteiger partial charge on any atom is -0.290 e. The first kappa shape index (κ1) is 30.5. The molecule has 3 heteroatoms. The van der Waals surface area contributed by atoms with Gasteiger partial charge in [-0.2, -0.15) is 0 Å². The maximum absolute atomic E-state index is 10.6. The average molecular weight is 540 g/mol. The van der Waals surface area contributed by atoms with E-state index in [0.29, 0.717) is 5.57 Å². The van der Waals surface area contributed by atoms with Crippen molar-refractivity contribution in [1.29, 1.82) is 0 Å². The van der Waals surface area contributed by atoms with E-state index < -0.39 is 7.26 Å². The first-order valence-corrected chi connectivity index (χ1v) is 16.5. The second-order valence-corrected chi connectivity index (χ2v) is 13.9. The molecule has 0 heterocycles. The van der Waals surface area contributed by atoms with E-state index in [-0.39, 0.29) is 11.6 Å². The van der Waals surface area contributed by atoms with Crippen molar-refractivity contribution < 1.29 is 9.59 Å². The van der Waals surface area contributed by atoms with Gasteiger partial charge in [-0.1, -0.05) is 106 Å². The van der Waals surface area contributed by atoms with Crippen LogP contribution in [0.15, 0.2) is 115 Å². The van der Waals surface area contributed by atoms with Crippen molar-refractivity contribution in [3.8, 4) is 0 Å². The number of allylic oxidation sites excluding steroid dienone is 4. The van der Waals surface area contributed by atoms with Gasteiger partial charge in [0.25, 0.3) is 0 Å². The zero-order chi connectivity index (χ0) is 27.8. The first-order valence-electron chi connectivity index (χ1n) is 14.6. The van der Waals surface area contributed by atoms with Gasteiger partial charge in [0.15, 0.2) is 11.6 Å². The maximum Gasteiger partial charge on any atom is 0.181 e. The fourth-order valence-electron chi connectivity index (χ4n) is 5.16. The molecule has 204 valence electrons. The van der Waals surface area contributed by atoms with Gasteiger partial charge in [-0.25, -0.2) is 0 Å². The average Bonchev–Trinajstić information content (AvgIpc) is 2.98. The van der Waals surface area contributed by atoms with Gasteiger partial charge in [0.1, 0.15) is 23.2 Å². The summed E-state index contributed by atoms with van der Waals surface area (Å²) < 4.78 is 0. The summed E-state index contributed by atoms with van der Waals surface area (Å²) in [6.45, 7) is 3.92. The maximum atomic E-state index is 10.6. The van der Waals surface area contributed by atoms with Crippen LogP contribution in [-0.4, -0.2) is 17.7 Å². The lowest BCUT2D eigenvalue weighted by Gasteiger charge is -2.27. The summed E-state index contributed by atoms with van der Waals surface area (Å²) in [7, 11) is -1.62. The fourth-order valence-corrected chi connectivity index (χ4v) is 9.57. The Kier molecular flexibility index (Phi) is 13.1. The van der Waals surface area contributed by atoms with E-state index in [2.05, 4.69) is 97.9 Å². The molecule has 0 saturated heterocycles. The van der Waals surface area contributed by atoms with Gasteiger partial charge in [-0.15, -0.1) is 0 Å². The third kappa shape index (κ3) is 9.26. The van der Waals surface area contributed by atoms with Crippen LogP contribution in [0.2, 0.25) is 0 Å². The number of carbonyl (C=O) groups excluding carboxylic acids is 2. The van der Waals surface area contributed by atoms with Crippen molar-refractivity contribution in [2.75, 3.05) is 6.16 Å². The van der Waals surface area contributed by atoms with Crippen LogP contribution in [0.4, 0.5) is 0 Å². The Labute approximate surface area is 236 Å². The van der Waals surface area contributed by atoms with E-state index in [1.165, 1.54) is 98.1 Å². The minimum absolute atomic E-state index is 0.0744. The van der Waals surface area contributed by atoms with Crippen LogP contribution in [0.1, 0.15) is 71.6 Å². The second kappa shape index (κ2) is 16.8. The Bertz CT molecular complexity index is 1100. The largest absolute Gasteiger partial charge is 0.290 e. The monoisotopic (exact) mass is 539 g/mol. The molecule has 39 heavy (non-hydrogen) atoms. The Balaban J connectivity index is 0.000000395. The summed E-state index contributed by atoms with van der Waals surface area (Å²) in [6.07, 6.45) is 17.6. The predicted molar refractivity (Wildman–Crippen MR) is 170 cm³/mol. The Morgan fingerprint density at radius 3 is 1.33 bits per heavy atom. The smallest absolute Gasteiger partial charge is 0.181 e. The highest BCUT2D eigenvalue weighted by atomic mass is 31.2. The molecule has 3 aromatic carbocycles. The van der Waals surface area contributed by atoms with Crippen LogP contribution in [0.5, 0.6) is 0 Å². The molecule has 0 unspecified atom stereocenters. The van der Waals surface area contributed by atoms with E-state index in [0.717, 1.165) is 0 Å². The molecule has 0 spiro atoms. The molecule has 1 aliphatic carbocycles. The van der Waals surface area contributed by atoms with Crippen LogP contribution in [0.3, 0.4) is 0 Å². The van der Waals surface area contributed by atoms with Crippen molar-refractivity contribution in [3.63, 3.8) is 0 Å². The fraction of sp³-hybridized carbons (Fsp3) is 0.333. The van der Waals surface area contributed by atoms with Crippen molar-refractivity contribution in [3.05, 3.63) is 115 Å². The molecule has 0 fully saturated rings. The number of rotatable bonds is 13. The molecule has 3 aromatic rings. The molecular formula is C36H44O2P+. The van der Waals surface area contributed by atoms with Crippen molar-refractivity contribution >= 4 is 34.7 Å². The van der Waals surface area contributed by atoms with Gasteiger partial charge < -0.3 is 0 Å². The number of benzene rings is 3. The molecule has 0 saturated carbocycles. The highest BCUT2D eigenvalue weighted by molar-refractivity contribution is 7.95. The standard InChI is InChI=1S/C29H38P.C7H6O2/c1-2-3-4-5-6-7-8-9-19-26-30(27-20-13-10-14-21-27,28-22-15-11-16-23-28)29-24-17-12-18-25-29;1-5-4-6(8)2-3-7(5)9/h10-18,20-25H,2-9,19,26H2,1H3;2-4H,1H3/q+1;. The minimum atomic E-state index is -1.62. The zero-order valence-corrected chi connectivity index (χ0v) is 24.6. The zero-order valence-electron chi connectivity index (χ0n) is 23.7. The third-order valence-corrected chi connectivity index (χ3v) is 11.9. The molecule has 1 aliphatic rings. The Hall–Kier alpha value is -3.09. The summed E-state index contributed by atoms with van der Waals surface area (Å²) in [5, 5.41) is 4.55. The molecule has 0 atom stereocenters. The Morgan fingerprint density at radius 2 is 0.949 bits per heavy atom. The van der Waals surface area contributed by atoms with E-state index in [4.69, 9.17) is 0 Å². The molecular weight excluding hydrogens is 495 g/mol. The van der Waals surface area contributed by atoms with Crippen molar-refractivity contribution in [2.24, 2.45) is 0 Å². The predicted octanol–water partition coefficient (Wildman–Crippen LogP) is 8.15. The highest BCUT2D eigenvalue weighted by Crippen LogP contribution is 2.56. The van der Waals surface area contributed by atoms with E-state index >= 15 is 0 Å². The van der Waals surface area contributed by atoms with E-state index in [9.17, 15) is 9.59 Å². The van der Waals surface area contributed by atoms with Gasteiger partial charge in [0.05, 0.1) is 6.16 Å². The molecule has 0 aromatic heterocycles. The molecule has 0 radical (unpaired) electrons. The summed E-state index contributed by atoms with van der Waals surface area (Å²) in [6, 6.07) is 33.9. The lowest BCUT2D eigenvalue weighted by molar-refractivity contribution is -0.114. The van der Waals surface area contributed by atoms with Crippen LogP contribution in [-0.2, 0) is 9.59 Å². The highest BCUT2D eigenvalue weighted by Gasteiger charge is 2.44. The van der Waals surface area contributed by atoms with E-state index in [1.807, 2.05) is 0 Å². The lowest BCUT2D eigenvalue weighted by atomic mass is 10.1. The van der Waals surface area contributed by atoms with Gasteiger partial charge in [0, 0.05) is 5.57 Å². The number of hydrogen-bond donors (Lipinski definition) is 0. The molecule has 0 N–H and O–H groups in total. The van der Waals surface area contributed by atoms with Gasteiger partial charge in [0.2, 0.25) is 0 Å². The third-order valence-electron chi connectivity index (χ3n) is 7.33. The summed E-state index contributed by atoms with van der Waals surface area (Å²) in [4.78, 5) is 21.1. The van der Waals surface area contributed by atoms with Gasteiger partial charge in [-0.05, 0) is 74.4 Å². The SMILES string of the molecule is CC1=CC(=O)C=CC1=O.CCCCCCCCCCC[P+](c1ccccc1)(c1ccccc1)c1ccccc1. The second-order valence-electron chi connectivity index (χ2n) is 10.3. The van der Waals surface area contributed by atoms with Crippen LogP contribution < -0.4 is 15.9 Å². The lowest BCUT2D eigenvalue weighted by Crippen LogP contribution is -2.33. The molecule has 2 nitrogen and oxygen atoms in total. The number of carbonyl (C=O) groups is 2. The first-order chi connectivity index (χ1) is 19.1. The van der Waals surface area contributed by atoms with Gasteiger partial charge in [-0.3, -0.25) is 9.59 Å². The van der Waals surface area contributed by atoms with Gasteiger partial charge >= 0.3 is 0 Å². The topological polar surface area (TPSA) is 34.1 Å². The summed E-state index contributed by atoms with van der Waals surface area (Å²) in [5.41, 5.74) is 0.516. The normalized spacial score (nSPS) is 13.0.